The number of rotatable bonds is 8. The first kappa shape index (κ1) is 26.5. The van der Waals surface area contributed by atoms with E-state index in [1.807, 2.05) is 34.9 Å². The lowest BCUT2D eigenvalue weighted by Gasteiger charge is -2.18. The molecule has 184 valence electrons. The third-order valence-corrected chi connectivity index (χ3v) is 7.95. The molecule has 0 aliphatic heterocycles. The summed E-state index contributed by atoms with van der Waals surface area (Å²) in [4.78, 5) is 11.7. The Bertz CT molecular complexity index is 1460. The summed E-state index contributed by atoms with van der Waals surface area (Å²) in [6, 6.07) is 18.8. The van der Waals surface area contributed by atoms with Gasteiger partial charge in [0.25, 0.3) is 0 Å². The van der Waals surface area contributed by atoms with Crippen LogP contribution < -0.4 is 0 Å². The van der Waals surface area contributed by atoms with E-state index in [0.29, 0.717) is 24.4 Å². The molecule has 8 heteroatoms. The van der Waals surface area contributed by atoms with Crippen molar-refractivity contribution < 1.29 is 13.9 Å². The van der Waals surface area contributed by atoms with Crippen LogP contribution in [0, 0.1) is 5.82 Å². The number of ether oxygens (including phenoxy) is 1. The molecule has 0 radical (unpaired) electrons. The molecular weight excluding hydrogens is 609 g/mol. The summed E-state index contributed by atoms with van der Waals surface area (Å²) in [7, 11) is 0. The van der Waals surface area contributed by atoms with Gasteiger partial charge < -0.3 is 4.74 Å². The molecule has 1 aromatic heterocycles. The predicted octanol–water partition coefficient (Wildman–Crippen LogP) is 8.57. The molecule has 36 heavy (non-hydrogen) atoms. The van der Waals surface area contributed by atoms with Crippen molar-refractivity contribution >= 4 is 74.1 Å². The van der Waals surface area contributed by atoms with Crippen molar-refractivity contribution in [1.82, 2.24) is 9.55 Å². The largest absolute Gasteiger partial charge is 0.463 e. The second-order valence-electron chi connectivity index (χ2n) is 7.95. The minimum absolute atomic E-state index is 0.337. The normalized spacial score (nSPS) is 12.6. The van der Waals surface area contributed by atoms with Gasteiger partial charge in [0, 0.05) is 11.5 Å². The number of hydrogen-bond acceptors (Lipinski definition) is 3. The van der Waals surface area contributed by atoms with Crippen LogP contribution in [0.15, 0.2) is 72.9 Å². The minimum Gasteiger partial charge on any atom is -0.463 e. The maximum absolute atomic E-state index is 13.8. The van der Waals surface area contributed by atoms with E-state index in [-0.39, 0.29) is 11.8 Å². The molecule has 0 aliphatic carbocycles. The van der Waals surface area contributed by atoms with Gasteiger partial charge in [-0.25, -0.2) is 13.6 Å². The highest BCUT2D eigenvalue weighted by Crippen LogP contribution is 2.39. The Morgan fingerprint density at radius 3 is 2.53 bits per heavy atom. The zero-order valence-corrected chi connectivity index (χ0v) is 23.7. The number of hydrogen-bond donors (Lipinski definition) is 0. The van der Waals surface area contributed by atoms with Crippen LogP contribution in [0.4, 0.5) is 4.39 Å². The first-order valence-corrected chi connectivity index (χ1v) is 15.9. The summed E-state index contributed by atoms with van der Waals surface area (Å²) >= 11 is 8.84. The fourth-order valence-corrected chi connectivity index (χ4v) is 5.95. The van der Waals surface area contributed by atoms with Crippen molar-refractivity contribution in [2.45, 2.75) is 20.3 Å². The lowest BCUT2D eigenvalue weighted by Crippen LogP contribution is -1.98. The number of benzene rings is 3. The first-order chi connectivity index (χ1) is 17.4. The number of aromatic nitrogens is 2. The van der Waals surface area contributed by atoms with Gasteiger partial charge >= 0.3 is 5.97 Å². The van der Waals surface area contributed by atoms with E-state index >= 15 is 0 Å². The van der Waals surface area contributed by atoms with Gasteiger partial charge in [-0.3, -0.25) is 0 Å². The average molecular weight is 633 g/mol. The van der Waals surface area contributed by atoms with E-state index < -0.39 is 0 Å². The lowest BCUT2D eigenvalue weighted by molar-refractivity contribution is -0.137. The van der Waals surface area contributed by atoms with Crippen molar-refractivity contribution in [1.29, 1.82) is 0 Å². The van der Waals surface area contributed by atoms with Gasteiger partial charge in [0.05, 0.1) is 29.7 Å². The molecule has 4 aromatic rings. The van der Waals surface area contributed by atoms with E-state index in [1.165, 1.54) is 18.2 Å². The number of fused-ring (bicyclic) bond motifs is 1. The topological polar surface area (TPSA) is 44.1 Å². The molecule has 1 atom stereocenters. The number of esters is 1. The van der Waals surface area contributed by atoms with Crippen LogP contribution in [0.2, 0.25) is 5.02 Å². The number of allylic oxidation sites excluding steroid dienone is 1. The summed E-state index contributed by atoms with van der Waals surface area (Å²) in [5, 5.41) is 5.91. The van der Waals surface area contributed by atoms with Gasteiger partial charge in [-0.2, -0.15) is 5.10 Å². The molecule has 1 heterocycles. The molecule has 0 N–H and O–H groups in total. The Morgan fingerprint density at radius 1 is 1.11 bits per heavy atom. The molecule has 0 fully saturated rings. The quantitative estimate of drug-likeness (QED) is 0.0643. The number of halogens is 3. The third kappa shape index (κ3) is 5.88. The molecule has 0 saturated carbocycles. The second kappa shape index (κ2) is 12.1. The van der Waals surface area contributed by atoms with Crippen molar-refractivity contribution in [2.24, 2.45) is 0 Å². The zero-order chi connectivity index (χ0) is 25.7. The minimum atomic E-state index is -0.373. The molecule has 0 aliphatic rings. The van der Waals surface area contributed by atoms with Gasteiger partial charge in [-0.15, -0.1) is 0 Å². The molecule has 0 saturated heterocycles. The summed E-state index contributed by atoms with van der Waals surface area (Å²) in [6.45, 7) is 4.18. The highest BCUT2D eigenvalue weighted by atomic mass is 127. The van der Waals surface area contributed by atoms with Gasteiger partial charge in [-0.1, -0.05) is 54.9 Å². The van der Waals surface area contributed by atoms with Crippen LogP contribution >= 0.6 is 40.0 Å². The van der Waals surface area contributed by atoms with E-state index in [0.717, 1.165) is 44.3 Å². The van der Waals surface area contributed by atoms with Crippen LogP contribution in [-0.2, 0) is 9.53 Å². The standard InChI is InChI=1S/C28H24ClFIN2O2P/c1-3-23(24-12-11-22(30)16-25(24)29)28(20-10-13-26-21(15-20)17-32-33(26)36-31)19-8-5-18(6-9-19)7-14-27(34)35-4-2/h5-17,36H,3-4H2,1-2H3/b14-7+,28-23+. The van der Waals surface area contributed by atoms with E-state index in [9.17, 15) is 9.18 Å². The number of nitrogens with zero attached hydrogens (tertiary/aromatic N) is 2. The second-order valence-corrected chi connectivity index (χ2v) is 10.4. The zero-order valence-electron chi connectivity index (χ0n) is 19.8. The smallest absolute Gasteiger partial charge is 0.330 e. The molecular formula is C28H24ClFIN2O2P. The van der Waals surface area contributed by atoms with Gasteiger partial charge in [0.1, 0.15) is 5.82 Å². The van der Waals surface area contributed by atoms with Crippen molar-refractivity contribution in [3.63, 3.8) is 0 Å². The van der Waals surface area contributed by atoms with Crippen LogP contribution in [0.25, 0.3) is 28.1 Å². The molecule has 0 amide bonds. The average Bonchev–Trinajstić information content (AvgIpc) is 3.29. The molecule has 4 nitrogen and oxygen atoms in total. The Hall–Kier alpha value is -2.54. The molecule has 0 bridgehead atoms. The van der Waals surface area contributed by atoms with Crippen molar-refractivity contribution in [3.8, 4) is 0 Å². The SMILES string of the molecule is CCOC(=O)/C=C/c1ccc(/C(=C(/CC)c2ccc(F)cc2Cl)c2ccc3c(cnn3PI)c2)cc1. The Kier molecular flexibility index (Phi) is 8.94. The molecule has 0 spiro atoms. The third-order valence-electron chi connectivity index (χ3n) is 5.75. The number of carbonyl (C=O) groups excluding carboxylic acids is 1. The fraction of sp³-hybridized carbons (Fsp3) is 0.143. The lowest BCUT2D eigenvalue weighted by atomic mass is 9.87. The monoisotopic (exact) mass is 632 g/mol. The van der Waals surface area contributed by atoms with Crippen molar-refractivity contribution in [3.05, 3.63) is 106 Å². The van der Waals surface area contributed by atoms with Crippen LogP contribution in [-0.4, -0.2) is 22.1 Å². The van der Waals surface area contributed by atoms with Gasteiger partial charge in [0.2, 0.25) is 0 Å². The van der Waals surface area contributed by atoms with Gasteiger partial charge in [-0.05, 0) is 99.1 Å². The Labute approximate surface area is 229 Å². The first-order valence-electron chi connectivity index (χ1n) is 11.4. The Balaban J connectivity index is 1.87. The van der Waals surface area contributed by atoms with E-state index in [1.54, 1.807) is 19.1 Å². The van der Waals surface area contributed by atoms with Crippen molar-refractivity contribution in [2.75, 3.05) is 6.61 Å². The summed E-state index contributed by atoms with van der Waals surface area (Å²) in [5.41, 5.74) is 6.78. The van der Waals surface area contributed by atoms with Crippen LogP contribution in [0.3, 0.4) is 0 Å². The molecule has 4 rings (SSSR count). The highest BCUT2D eigenvalue weighted by molar-refractivity contribution is 14.2. The maximum atomic E-state index is 13.8. The summed E-state index contributed by atoms with van der Waals surface area (Å²) < 4.78 is 20.8. The number of carbonyl (C=O) groups is 1. The highest BCUT2D eigenvalue weighted by Gasteiger charge is 2.17. The molecule has 3 aromatic carbocycles. The Morgan fingerprint density at radius 2 is 1.86 bits per heavy atom. The predicted molar refractivity (Wildman–Crippen MR) is 157 cm³/mol. The van der Waals surface area contributed by atoms with Crippen LogP contribution in [0.5, 0.6) is 0 Å². The summed E-state index contributed by atoms with van der Waals surface area (Å²) in [6.07, 6.45) is 6.23. The molecule has 1 unspecified atom stereocenters. The van der Waals surface area contributed by atoms with E-state index in [4.69, 9.17) is 16.3 Å². The summed E-state index contributed by atoms with van der Waals surface area (Å²) in [5.74, 6) is -0.741. The van der Waals surface area contributed by atoms with Crippen LogP contribution in [0.1, 0.15) is 42.5 Å². The van der Waals surface area contributed by atoms with Gasteiger partial charge in [0.15, 0.2) is 0 Å². The van der Waals surface area contributed by atoms with E-state index in [2.05, 4.69) is 52.3 Å². The maximum Gasteiger partial charge on any atom is 0.330 e. The fourth-order valence-electron chi connectivity index (χ4n) is 4.12.